The van der Waals surface area contributed by atoms with E-state index in [1.165, 1.54) is 11.3 Å². The highest BCUT2D eigenvalue weighted by Gasteiger charge is 2.12. The Kier molecular flexibility index (Phi) is 2.14. The number of para-hydroxylation sites is 1. The lowest BCUT2D eigenvalue weighted by molar-refractivity contribution is 1.11. The summed E-state index contributed by atoms with van der Waals surface area (Å²) in [4.78, 5) is 4.51. The van der Waals surface area contributed by atoms with Crippen LogP contribution in [-0.4, -0.2) is 5.71 Å². The number of hydrogen-bond acceptors (Lipinski definition) is 1. The molecule has 0 bridgehead atoms. The van der Waals surface area contributed by atoms with Crippen molar-refractivity contribution in [3.8, 4) is 12.3 Å². The number of fused-ring (bicyclic) bond motifs is 1. The highest BCUT2D eigenvalue weighted by Crippen LogP contribution is 2.26. The smallest absolute Gasteiger partial charge is 0.0664 e. The lowest BCUT2D eigenvalue weighted by Crippen LogP contribution is -1.96. The average molecular weight is 169 g/mol. The quantitative estimate of drug-likeness (QED) is 0.603. The molecule has 1 aromatic rings. The second-order valence-corrected chi connectivity index (χ2v) is 3.19. The summed E-state index contributed by atoms with van der Waals surface area (Å²) >= 11 is 0. The van der Waals surface area contributed by atoms with Gasteiger partial charge in [0.25, 0.3) is 0 Å². The monoisotopic (exact) mass is 169 g/mol. The van der Waals surface area contributed by atoms with Crippen molar-refractivity contribution >= 4 is 11.4 Å². The Balaban J connectivity index is 2.13. The molecule has 0 aromatic heterocycles. The standard InChI is InChI=1S/C12H11N/c1-2-3-7-11-9-10-6-4-5-8-12(10)13-11/h1,4-6,8H,3,7,9H2. The molecule has 64 valence electrons. The molecule has 0 unspecified atom stereocenters. The van der Waals surface area contributed by atoms with E-state index in [0.717, 1.165) is 24.9 Å². The summed E-state index contributed by atoms with van der Waals surface area (Å²) in [6.07, 6.45) is 7.92. The fraction of sp³-hybridized carbons (Fsp3) is 0.250. The molecule has 0 radical (unpaired) electrons. The van der Waals surface area contributed by atoms with Crippen LogP contribution in [0.1, 0.15) is 18.4 Å². The summed E-state index contributed by atoms with van der Waals surface area (Å²) in [6, 6.07) is 8.25. The van der Waals surface area contributed by atoms with Crippen molar-refractivity contribution in [1.82, 2.24) is 0 Å². The third-order valence-electron chi connectivity index (χ3n) is 2.22. The molecule has 0 saturated carbocycles. The van der Waals surface area contributed by atoms with Crippen LogP contribution in [0.25, 0.3) is 0 Å². The minimum absolute atomic E-state index is 0.798. The van der Waals surface area contributed by atoms with Crippen LogP contribution in [0.15, 0.2) is 29.3 Å². The average Bonchev–Trinajstić information content (AvgIpc) is 2.57. The van der Waals surface area contributed by atoms with Crippen LogP contribution in [0.4, 0.5) is 5.69 Å². The van der Waals surface area contributed by atoms with Crippen LogP contribution in [-0.2, 0) is 6.42 Å². The van der Waals surface area contributed by atoms with E-state index in [-0.39, 0.29) is 0 Å². The van der Waals surface area contributed by atoms with Gasteiger partial charge in [-0.15, -0.1) is 12.3 Å². The number of rotatable bonds is 2. The number of hydrogen-bond donors (Lipinski definition) is 0. The molecule has 0 saturated heterocycles. The summed E-state index contributed by atoms with van der Waals surface area (Å²) in [6.45, 7) is 0. The van der Waals surface area contributed by atoms with Crippen LogP contribution in [0, 0.1) is 12.3 Å². The van der Waals surface area contributed by atoms with E-state index in [0.29, 0.717) is 0 Å². The van der Waals surface area contributed by atoms with Crippen molar-refractivity contribution in [2.75, 3.05) is 0 Å². The van der Waals surface area contributed by atoms with Gasteiger partial charge >= 0.3 is 0 Å². The molecule has 1 aromatic carbocycles. The second-order valence-electron chi connectivity index (χ2n) is 3.19. The maximum absolute atomic E-state index is 5.21. The minimum atomic E-state index is 0.798. The first-order chi connectivity index (χ1) is 6.40. The molecule has 1 nitrogen and oxygen atoms in total. The number of aliphatic imine (C=N–C) groups is 1. The normalized spacial score (nSPS) is 13.3. The molecule has 0 fully saturated rings. The molecule has 0 atom stereocenters. The van der Waals surface area contributed by atoms with Gasteiger partial charge in [-0.25, -0.2) is 0 Å². The van der Waals surface area contributed by atoms with Crippen LogP contribution in [0.3, 0.4) is 0 Å². The van der Waals surface area contributed by atoms with E-state index in [9.17, 15) is 0 Å². The molecule has 13 heavy (non-hydrogen) atoms. The van der Waals surface area contributed by atoms with Gasteiger partial charge in [0, 0.05) is 18.6 Å². The molecule has 0 aliphatic carbocycles. The van der Waals surface area contributed by atoms with Crippen molar-refractivity contribution in [2.45, 2.75) is 19.3 Å². The van der Waals surface area contributed by atoms with E-state index in [1.807, 2.05) is 6.07 Å². The van der Waals surface area contributed by atoms with Gasteiger partial charge < -0.3 is 0 Å². The number of terminal acetylenes is 1. The first kappa shape index (κ1) is 8.07. The lowest BCUT2D eigenvalue weighted by Gasteiger charge is -1.94. The summed E-state index contributed by atoms with van der Waals surface area (Å²) in [5.41, 5.74) is 3.67. The van der Waals surface area contributed by atoms with Gasteiger partial charge in [-0.3, -0.25) is 4.99 Å². The Labute approximate surface area is 78.5 Å². The Bertz CT molecular complexity index is 382. The Morgan fingerprint density at radius 1 is 1.38 bits per heavy atom. The molecule has 1 aliphatic rings. The Morgan fingerprint density at radius 2 is 2.23 bits per heavy atom. The third-order valence-corrected chi connectivity index (χ3v) is 2.22. The van der Waals surface area contributed by atoms with E-state index >= 15 is 0 Å². The third kappa shape index (κ3) is 1.62. The molecule has 1 heterocycles. The molecule has 0 spiro atoms. The number of nitrogens with zero attached hydrogens (tertiary/aromatic N) is 1. The molecule has 0 amide bonds. The summed E-state index contributed by atoms with van der Waals surface area (Å²) in [5.74, 6) is 2.64. The van der Waals surface area contributed by atoms with Crippen LogP contribution in [0.5, 0.6) is 0 Å². The maximum Gasteiger partial charge on any atom is 0.0664 e. The Hall–Kier alpha value is -1.55. The van der Waals surface area contributed by atoms with Crippen LogP contribution in [0.2, 0.25) is 0 Å². The summed E-state index contributed by atoms with van der Waals surface area (Å²) < 4.78 is 0. The lowest BCUT2D eigenvalue weighted by atomic mass is 10.1. The maximum atomic E-state index is 5.21. The van der Waals surface area contributed by atoms with Gasteiger partial charge in [-0.2, -0.15) is 0 Å². The zero-order valence-corrected chi connectivity index (χ0v) is 7.46. The highest BCUT2D eigenvalue weighted by atomic mass is 14.8. The summed E-state index contributed by atoms with van der Waals surface area (Å²) in [5, 5.41) is 0. The van der Waals surface area contributed by atoms with Gasteiger partial charge in [0.05, 0.1) is 5.69 Å². The van der Waals surface area contributed by atoms with Crippen molar-refractivity contribution < 1.29 is 0 Å². The van der Waals surface area contributed by atoms with Gasteiger partial charge in [0.2, 0.25) is 0 Å². The SMILES string of the molecule is C#CCCC1=Nc2ccccc2C1. The topological polar surface area (TPSA) is 12.4 Å². The predicted octanol–water partition coefficient (Wildman–Crippen LogP) is 2.73. The van der Waals surface area contributed by atoms with Crippen molar-refractivity contribution in [2.24, 2.45) is 4.99 Å². The van der Waals surface area contributed by atoms with E-state index < -0.39 is 0 Å². The fourth-order valence-electron chi connectivity index (χ4n) is 1.56. The fourth-order valence-corrected chi connectivity index (χ4v) is 1.56. The first-order valence-corrected chi connectivity index (χ1v) is 4.48. The number of benzene rings is 1. The van der Waals surface area contributed by atoms with Gasteiger partial charge in [-0.1, -0.05) is 18.2 Å². The molecular weight excluding hydrogens is 158 g/mol. The van der Waals surface area contributed by atoms with E-state index in [2.05, 4.69) is 29.1 Å². The van der Waals surface area contributed by atoms with Gasteiger partial charge in [-0.05, 0) is 18.1 Å². The Morgan fingerprint density at radius 3 is 3.00 bits per heavy atom. The molecule has 2 rings (SSSR count). The molecule has 1 aliphatic heterocycles. The van der Waals surface area contributed by atoms with Crippen molar-refractivity contribution in [3.05, 3.63) is 29.8 Å². The minimum Gasteiger partial charge on any atom is -0.257 e. The van der Waals surface area contributed by atoms with E-state index in [4.69, 9.17) is 6.42 Å². The highest BCUT2D eigenvalue weighted by molar-refractivity contribution is 5.93. The zero-order valence-electron chi connectivity index (χ0n) is 7.46. The van der Waals surface area contributed by atoms with Gasteiger partial charge in [0.1, 0.15) is 0 Å². The molecule has 0 N–H and O–H groups in total. The van der Waals surface area contributed by atoms with E-state index in [1.54, 1.807) is 0 Å². The van der Waals surface area contributed by atoms with Crippen molar-refractivity contribution in [1.29, 1.82) is 0 Å². The molecule has 1 heteroatoms. The first-order valence-electron chi connectivity index (χ1n) is 4.48. The largest absolute Gasteiger partial charge is 0.257 e. The second kappa shape index (κ2) is 3.45. The zero-order chi connectivity index (χ0) is 9.10. The van der Waals surface area contributed by atoms with Crippen LogP contribution < -0.4 is 0 Å². The van der Waals surface area contributed by atoms with Gasteiger partial charge in [0.15, 0.2) is 0 Å². The molecular formula is C12H11N. The summed E-state index contributed by atoms with van der Waals surface area (Å²) in [7, 11) is 0. The van der Waals surface area contributed by atoms with Crippen molar-refractivity contribution in [3.63, 3.8) is 0 Å². The predicted molar refractivity (Wildman–Crippen MR) is 55.3 cm³/mol. The van der Waals surface area contributed by atoms with Crippen LogP contribution >= 0.6 is 0 Å².